The van der Waals surface area contributed by atoms with E-state index in [0.29, 0.717) is 5.57 Å². The first-order valence-electron chi connectivity index (χ1n) is 9.72. The lowest BCUT2D eigenvalue weighted by atomic mass is 10.1. The van der Waals surface area contributed by atoms with Gasteiger partial charge in [-0.15, -0.1) is 0 Å². The highest BCUT2D eigenvalue weighted by molar-refractivity contribution is 5.91. The Bertz CT molecular complexity index is 281. The molecule has 0 aromatic rings. The predicted octanol–water partition coefficient (Wildman–Crippen LogP) is 0.884. The summed E-state index contributed by atoms with van der Waals surface area (Å²) in [4.78, 5) is 11.8. The number of unbranched alkanes of at least 4 members (excludes halogenated alkanes) is 9. The van der Waals surface area contributed by atoms with Crippen molar-refractivity contribution < 1.29 is 33.7 Å². The number of nitrogens with two attached hydrogens (primary N) is 1. The van der Waals surface area contributed by atoms with Crippen LogP contribution >= 0.6 is 0 Å². The van der Waals surface area contributed by atoms with E-state index in [4.69, 9.17) is 5.73 Å². The quantitative estimate of drug-likeness (QED) is 0.229. The predicted molar refractivity (Wildman–Crippen MR) is 103 cm³/mol. The molecule has 0 aromatic carbocycles. The van der Waals surface area contributed by atoms with Crippen LogP contribution in [0.1, 0.15) is 90.9 Å². The maximum Gasteiger partial charge on any atom is 0.244 e. The molecule has 3 N–H and O–H groups in total. The van der Waals surface area contributed by atoms with Crippen molar-refractivity contribution >= 4 is 5.91 Å². The van der Waals surface area contributed by atoms with Crippen molar-refractivity contribution in [2.24, 2.45) is 5.73 Å². The normalized spacial score (nSPS) is 9.88. The molecular weight excluding hydrogens is 411 g/mol. The van der Waals surface area contributed by atoms with Gasteiger partial charge in [-0.1, -0.05) is 78.2 Å². The summed E-state index contributed by atoms with van der Waals surface area (Å²) < 4.78 is 0. The molecule has 0 saturated carbocycles. The molecule has 0 spiro atoms. The number of quaternary nitrogens is 1. The van der Waals surface area contributed by atoms with Gasteiger partial charge in [-0.05, 0) is 19.3 Å². The average Bonchev–Trinajstić information content (AvgIpc) is 2.49. The number of carbonyl (C=O) groups is 1. The molecule has 0 rings (SSSR count). The number of carbonyl (C=O) groups excluding carboxylic acids is 1. The molecule has 0 atom stereocenters. The molecule has 0 bridgehead atoms. The number of amides is 1. The molecule has 24 heavy (non-hydrogen) atoms. The number of hydrogen-bond acceptors (Lipinski definition) is 1. The van der Waals surface area contributed by atoms with E-state index in [-0.39, 0.29) is 29.9 Å². The van der Waals surface area contributed by atoms with Crippen molar-refractivity contribution in [3.05, 3.63) is 12.2 Å². The molecule has 0 heterocycles. The SMILES string of the molecule is C=C(CCC)C(N)=O.CCCCCCCCCCCC[NH+](C)C.[I-]. The maximum absolute atomic E-state index is 10.2. The third-order valence-corrected chi connectivity index (χ3v) is 3.93. The van der Waals surface area contributed by atoms with Gasteiger partial charge < -0.3 is 34.6 Å². The Kier molecular flexibility index (Phi) is 27.4. The molecule has 3 nitrogen and oxygen atoms in total. The van der Waals surface area contributed by atoms with Crippen LogP contribution in [-0.4, -0.2) is 26.5 Å². The van der Waals surface area contributed by atoms with Gasteiger partial charge in [0.05, 0.1) is 20.6 Å². The molecule has 0 aliphatic rings. The van der Waals surface area contributed by atoms with Crippen molar-refractivity contribution in [1.29, 1.82) is 0 Å². The van der Waals surface area contributed by atoms with Crippen LogP contribution in [0.15, 0.2) is 12.2 Å². The highest BCUT2D eigenvalue weighted by Gasteiger charge is 1.96. The second-order valence-electron chi connectivity index (χ2n) is 6.86. The van der Waals surface area contributed by atoms with Crippen LogP contribution in [0.3, 0.4) is 0 Å². The van der Waals surface area contributed by atoms with E-state index in [9.17, 15) is 4.79 Å². The summed E-state index contributed by atoms with van der Waals surface area (Å²) in [6, 6.07) is 0. The van der Waals surface area contributed by atoms with Gasteiger partial charge in [0, 0.05) is 5.57 Å². The van der Waals surface area contributed by atoms with Crippen LogP contribution in [-0.2, 0) is 4.79 Å². The number of hydrogen-bond donors (Lipinski definition) is 2. The van der Waals surface area contributed by atoms with Gasteiger partial charge in [-0.2, -0.15) is 0 Å². The van der Waals surface area contributed by atoms with E-state index in [1.165, 1.54) is 70.8 Å². The lowest BCUT2D eigenvalue weighted by Gasteiger charge is -2.06. The van der Waals surface area contributed by atoms with Gasteiger partial charge >= 0.3 is 0 Å². The van der Waals surface area contributed by atoms with Gasteiger partial charge in [0.1, 0.15) is 0 Å². The molecule has 0 aliphatic carbocycles. The highest BCUT2D eigenvalue weighted by Crippen LogP contribution is 2.09. The fourth-order valence-corrected chi connectivity index (χ4v) is 2.39. The second kappa shape index (κ2) is 22.9. The van der Waals surface area contributed by atoms with Crippen LogP contribution < -0.4 is 34.6 Å². The van der Waals surface area contributed by atoms with E-state index in [0.717, 1.165) is 12.8 Å². The van der Waals surface area contributed by atoms with Crippen molar-refractivity contribution in [1.82, 2.24) is 0 Å². The van der Waals surface area contributed by atoms with Gasteiger partial charge in [0.15, 0.2) is 0 Å². The smallest absolute Gasteiger partial charge is 0.244 e. The van der Waals surface area contributed by atoms with E-state index in [1.54, 1.807) is 4.90 Å². The Labute approximate surface area is 168 Å². The Hall–Kier alpha value is -0.100. The maximum atomic E-state index is 10.2. The van der Waals surface area contributed by atoms with Gasteiger partial charge in [-0.25, -0.2) is 0 Å². The topological polar surface area (TPSA) is 47.5 Å². The minimum absolute atomic E-state index is 0. The third-order valence-electron chi connectivity index (χ3n) is 3.93. The van der Waals surface area contributed by atoms with E-state index in [2.05, 4.69) is 27.6 Å². The highest BCUT2D eigenvalue weighted by atomic mass is 127. The first kappa shape index (κ1) is 28.7. The molecule has 0 fully saturated rings. The molecule has 0 unspecified atom stereocenters. The Morgan fingerprint density at radius 2 is 1.25 bits per heavy atom. The van der Waals surface area contributed by atoms with E-state index < -0.39 is 0 Å². The summed E-state index contributed by atoms with van der Waals surface area (Å²) in [5.41, 5.74) is 5.40. The van der Waals surface area contributed by atoms with Gasteiger partial charge in [0.2, 0.25) is 5.91 Å². The third kappa shape index (κ3) is 26.8. The van der Waals surface area contributed by atoms with Crippen LogP contribution in [0.5, 0.6) is 0 Å². The first-order chi connectivity index (χ1) is 11.0. The lowest BCUT2D eigenvalue weighted by molar-refractivity contribution is -0.858. The lowest BCUT2D eigenvalue weighted by Crippen LogP contribution is -3.05. The zero-order chi connectivity index (χ0) is 17.9. The number of halogens is 1. The van der Waals surface area contributed by atoms with Crippen LogP contribution in [0, 0.1) is 0 Å². The fourth-order valence-electron chi connectivity index (χ4n) is 2.39. The minimum Gasteiger partial charge on any atom is -1.00 e. The summed E-state index contributed by atoms with van der Waals surface area (Å²) >= 11 is 0. The molecule has 4 heteroatoms. The summed E-state index contributed by atoms with van der Waals surface area (Å²) in [6.45, 7) is 9.08. The largest absolute Gasteiger partial charge is 1.00 e. The number of rotatable bonds is 14. The van der Waals surface area contributed by atoms with Crippen molar-refractivity contribution in [2.75, 3.05) is 20.6 Å². The van der Waals surface area contributed by atoms with Crippen LogP contribution in [0.25, 0.3) is 0 Å². The number of primary amides is 1. The van der Waals surface area contributed by atoms with Gasteiger partial charge in [-0.3, -0.25) is 4.79 Å². The molecular formula is C20H43IN2O. The molecule has 1 amide bonds. The molecule has 146 valence electrons. The van der Waals surface area contributed by atoms with Crippen molar-refractivity contribution in [3.63, 3.8) is 0 Å². The fraction of sp³-hybridized carbons (Fsp3) is 0.850. The standard InChI is InChI=1S/C14H31N.C6H11NO.HI/c1-4-5-6-7-8-9-10-11-12-13-14-15(2)3;1-3-4-5(2)6(7)8;/h4-14H2,1-3H3;2-4H2,1H3,(H2,7,8);1H. The second-order valence-corrected chi connectivity index (χ2v) is 6.86. The first-order valence-corrected chi connectivity index (χ1v) is 9.72. The zero-order valence-electron chi connectivity index (χ0n) is 16.8. The number of nitrogens with one attached hydrogen (secondary N) is 1. The monoisotopic (exact) mass is 454 g/mol. The summed E-state index contributed by atoms with van der Waals surface area (Å²) in [5.74, 6) is -0.383. The zero-order valence-corrected chi connectivity index (χ0v) is 18.9. The van der Waals surface area contributed by atoms with E-state index in [1.807, 2.05) is 6.92 Å². The molecule has 0 aliphatic heterocycles. The van der Waals surface area contributed by atoms with Crippen molar-refractivity contribution in [3.8, 4) is 0 Å². The van der Waals surface area contributed by atoms with E-state index >= 15 is 0 Å². The Balaban J connectivity index is -0.000000419. The summed E-state index contributed by atoms with van der Waals surface area (Å²) in [6.07, 6.45) is 16.1. The molecule has 0 radical (unpaired) electrons. The Morgan fingerprint density at radius 1 is 0.833 bits per heavy atom. The van der Waals surface area contributed by atoms with Gasteiger partial charge in [0.25, 0.3) is 0 Å². The summed E-state index contributed by atoms with van der Waals surface area (Å²) in [7, 11) is 4.49. The summed E-state index contributed by atoms with van der Waals surface area (Å²) in [5, 5.41) is 0. The Morgan fingerprint density at radius 3 is 1.54 bits per heavy atom. The van der Waals surface area contributed by atoms with Crippen LogP contribution in [0.2, 0.25) is 0 Å². The molecule has 0 saturated heterocycles. The molecule has 0 aromatic heterocycles. The van der Waals surface area contributed by atoms with Crippen LogP contribution in [0.4, 0.5) is 0 Å². The average molecular weight is 454 g/mol. The minimum atomic E-state index is -0.383. The van der Waals surface area contributed by atoms with Crippen molar-refractivity contribution in [2.45, 2.75) is 90.9 Å².